The van der Waals surface area contributed by atoms with Crippen LogP contribution in [0.5, 0.6) is 5.75 Å². The molecule has 0 heterocycles. The molecule has 7 nitrogen and oxygen atoms in total. The van der Waals surface area contributed by atoms with Crippen molar-refractivity contribution in [1.29, 1.82) is 0 Å². The Morgan fingerprint density at radius 1 is 1.24 bits per heavy atom. The van der Waals surface area contributed by atoms with Gasteiger partial charge in [0.05, 0.1) is 22.6 Å². The van der Waals surface area contributed by atoms with E-state index in [2.05, 4.69) is 5.32 Å². The molecule has 0 aromatic heterocycles. The quantitative estimate of drug-likeness (QED) is 0.492. The fraction of sp³-hybridized carbons (Fsp3) is 0.435. The maximum Gasteiger partial charge on any atom is 0.344 e. The van der Waals surface area contributed by atoms with Gasteiger partial charge in [-0.1, -0.05) is 23.7 Å². The van der Waals surface area contributed by atoms with Crippen LogP contribution < -0.4 is 10.1 Å². The number of esters is 1. The Bertz CT molecular complexity index is 1080. The van der Waals surface area contributed by atoms with Crippen molar-refractivity contribution in [3.63, 3.8) is 0 Å². The number of hydrogen-bond donors (Lipinski definition) is 2. The Labute approximate surface area is 205 Å². The van der Waals surface area contributed by atoms with Gasteiger partial charge in [-0.2, -0.15) is 0 Å². The van der Waals surface area contributed by atoms with Crippen LogP contribution in [0, 0.1) is 0 Å². The van der Waals surface area contributed by atoms with Crippen LogP contribution in [0.1, 0.15) is 36.1 Å². The van der Waals surface area contributed by atoms with Gasteiger partial charge < -0.3 is 19.9 Å². The fourth-order valence-electron chi connectivity index (χ4n) is 3.76. The van der Waals surface area contributed by atoms with Crippen LogP contribution in [-0.2, 0) is 32.2 Å². The maximum atomic E-state index is 11.7. The van der Waals surface area contributed by atoms with Crippen LogP contribution in [0.2, 0.25) is 5.02 Å². The van der Waals surface area contributed by atoms with Gasteiger partial charge in [0.2, 0.25) is 0 Å². The summed E-state index contributed by atoms with van der Waals surface area (Å²) < 4.78 is 33.8. The number of benzene rings is 2. The van der Waals surface area contributed by atoms with Crippen LogP contribution >= 0.6 is 24.0 Å². The Balaban J connectivity index is 0.00000385. The van der Waals surface area contributed by atoms with Crippen molar-refractivity contribution in [2.45, 2.75) is 43.2 Å². The molecule has 0 saturated carbocycles. The summed E-state index contributed by atoms with van der Waals surface area (Å²) in [7, 11) is -3.41. The number of nitrogens with one attached hydrogen (secondary N) is 1. The largest absolute Gasteiger partial charge is 0.482 e. The number of aliphatic hydroxyl groups is 1. The first-order valence-electron chi connectivity index (χ1n) is 10.5. The number of aryl methyl sites for hydroxylation is 1. The zero-order valence-electron chi connectivity index (χ0n) is 18.5. The molecule has 2 N–H and O–H groups in total. The summed E-state index contributed by atoms with van der Waals surface area (Å²) in [4.78, 5) is 11.5. The van der Waals surface area contributed by atoms with Crippen molar-refractivity contribution in [2.75, 3.05) is 26.0 Å². The lowest BCUT2D eigenvalue weighted by Gasteiger charge is -2.27. The van der Waals surface area contributed by atoms with Gasteiger partial charge in [0.25, 0.3) is 0 Å². The third kappa shape index (κ3) is 7.58. The highest BCUT2D eigenvalue weighted by Gasteiger charge is 2.21. The zero-order valence-corrected chi connectivity index (χ0v) is 20.9. The Morgan fingerprint density at radius 2 is 2.00 bits per heavy atom. The molecule has 0 amide bonds. The monoisotopic (exact) mass is 517 g/mol. The summed E-state index contributed by atoms with van der Waals surface area (Å²) >= 11 is 6.09. The van der Waals surface area contributed by atoms with E-state index in [0.29, 0.717) is 24.5 Å². The second-order valence-corrected chi connectivity index (χ2v) is 10.2. The van der Waals surface area contributed by atoms with Crippen molar-refractivity contribution >= 4 is 39.8 Å². The molecule has 2 atom stereocenters. The van der Waals surface area contributed by atoms with E-state index in [1.54, 1.807) is 13.0 Å². The van der Waals surface area contributed by atoms with Crippen molar-refractivity contribution < 1.29 is 27.8 Å². The molecule has 0 radical (unpaired) electrons. The van der Waals surface area contributed by atoms with E-state index in [-0.39, 0.29) is 35.0 Å². The van der Waals surface area contributed by atoms with E-state index in [9.17, 15) is 18.3 Å². The molecule has 0 bridgehead atoms. The van der Waals surface area contributed by atoms with Crippen LogP contribution in [0.15, 0.2) is 41.3 Å². The molecular weight excluding hydrogens is 489 g/mol. The number of hydrogen-bond acceptors (Lipinski definition) is 7. The average Bonchev–Trinajstić information content (AvgIpc) is 2.75. The van der Waals surface area contributed by atoms with Crippen molar-refractivity contribution in [2.24, 2.45) is 0 Å². The summed E-state index contributed by atoms with van der Waals surface area (Å²) in [5, 5.41) is 14.0. The number of ether oxygens (including phenoxy) is 2. The summed E-state index contributed by atoms with van der Waals surface area (Å²) in [5.41, 5.74) is 2.95. The minimum absolute atomic E-state index is 0. The Morgan fingerprint density at radius 3 is 2.67 bits per heavy atom. The fourth-order valence-corrected chi connectivity index (χ4v) is 5.10. The summed E-state index contributed by atoms with van der Waals surface area (Å²) in [6.45, 7) is 2.26. The van der Waals surface area contributed by atoms with Gasteiger partial charge in [-0.3, -0.25) is 0 Å². The second-order valence-electron chi connectivity index (χ2n) is 7.85. The molecule has 182 valence electrons. The standard InChI is InChI=1S/C23H28ClNO6S.ClH/c1-3-30-23(27)14-31-19-8-5-15-4-7-18(10-17(15)11-19)25-13-21(26)16-6-9-22(20(24)12-16)32(2,28)29;/h5-6,8-9,11-12,18,21,25-26H,3-4,7,10,13-14H2,1-2H3;1H/t18?,21-;/m1./s1. The van der Waals surface area contributed by atoms with E-state index in [1.165, 1.54) is 17.7 Å². The number of fused-ring (bicyclic) bond motifs is 1. The molecule has 0 fully saturated rings. The van der Waals surface area contributed by atoms with E-state index >= 15 is 0 Å². The molecule has 1 aliphatic carbocycles. The van der Waals surface area contributed by atoms with Crippen molar-refractivity contribution in [1.82, 2.24) is 5.32 Å². The molecule has 10 heteroatoms. The molecule has 33 heavy (non-hydrogen) atoms. The minimum atomic E-state index is -3.41. The van der Waals surface area contributed by atoms with Gasteiger partial charge in [0, 0.05) is 18.8 Å². The van der Waals surface area contributed by atoms with Crippen LogP contribution in [-0.4, -0.2) is 51.5 Å². The van der Waals surface area contributed by atoms with Gasteiger partial charge in [-0.05, 0) is 67.1 Å². The lowest BCUT2D eigenvalue weighted by atomic mass is 9.88. The lowest BCUT2D eigenvalue weighted by Crippen LogP contribution is -2.37. The highest BCUT2D eigenvalue weighted by Crippen LogP contribution is 2.27. The lowest BCUT2D eigenvalue weighted by molar-refractivity contribution is -0.145. The summed E-state index contributed by atoms with van der Waals surface area (Å²) in [5.74, 6) is 0.224. The number of sulfone groups is 1. The molecule has 0 spiro atoms. The maximum absolute atomic E-state index is 11.7. The van der Waals surface area contributed by atoms with E-state index < -0.39 is 21.9 Å². The molecular formula is C23H29Cl2NO6S. The molecule has 0 aliphatic heterocycles. The molecule has 1 aliphatic rings. The molecule has 1 unspecified atom stereocenters. The van der Waals surface area contributed by atoms with Gasteiger partial charge in [-0.15, -0.1) is 12.4 Å². The molecule has 0 saturated heterocycles. The summed E-state index contributed by atoms with van der Waals surface area (Å²) in [6, 6.07) is 10.5. The van der Waals surface area contributed by atoms with E-state index in [1.807, 2.05) is 18.2 Å². The Hall–Kier alpha value is -1.84. The van der Waals surface area contributed by atoms with Gasteiger partial charge in [0.1, 0.15) is 5.75 Å². The predicted molar refractivity (Wildman–Crippen MR) is 129 cm³/mol. The van der Waals surface area contributed by atoms with Crippen molar-refractivity contribution in [3.8, 4) is 5.75 Å². The molecule has 3 rings (SSSR count). The topological polar surface area (TPSA) is 102 Å². The first-order valence-corrected chi connectivity index (χ1v) is 12.8. The van der Waals surface area contributed by atoms with Crippen molar-refractivity contribution in [3.05, 3.63) is 58.1 Å². The predicted octanol–water partition coefficient (Wildman–Crippen LogP) is 3.29. The minimum Gasteiger partial charge on any atom is -0.482 e. The first-order chi connectivity index (χ1) is 15.2. The van der Waals surface area contributed by atoms with Gasteiger partial charge >= 0.3 is 5.97 Å². The Kier molecular flexibility index (Phi) is 10.00. The van der Waals surface area contributed by atoms with Gasteiger partial charge in [-0.25, -0.2) is 13.2 Å². The normalized spacial score (nSPS) is 16.3. The highest BCUT2D eigenvalue weighted by molar-refractivity contribution is 7.90. The third-order valence-corrected chi connectivity index (χ3v) is 6.99. The smallest absolute Gasteiger partial charge is 0.344 e. The second kappa shape index (κ2) is 12.0. The molecule has 2 aromatic rings. The van der Waals surface area contributed by atoms with Crippen LogP contribution in [0.25, 0.3) is 0 Å². The van der Waals surface area contributed by atoms with Gasteiger partial charge in [0.15, 0.2) is 16.4 Å². The number of halogens is 2. The summed E-state index contributed by atoms with van der Waals surface area (Å²) in [6.07, 6.45) is 2.88. The SMILES string of the molecule is CCOC(=O)COc1ccc2c(c1)CC(NC[C@@H](O)c1ccc(S(C)(=O)=O)c(Cl)c1)CC2.Cl. The number of carbonyl (C=O) groups excluding carboxylic acids is 1. The zero-order chi connectivity index (χ0) is 23.3. The van der Waals surface area contributed by atoms with Crippen LogP contribution in [0.4, 0.5) is 0 Å². The van der Waals surface area contributed by atoms with E-state index in [4.69, 9.17) is 21.1 Å². The van der Waals surface area contributed by atoms with Crippen LogP contribution in [0.3, 0.4) is 0 Å². The number of rotatable bonds is 9. The highest BCUT2D eigenvalue weighted by atomic mass is 35.5. The van der Waals surface area contributed by atoms with E-state index in [0.717, 1.165) is 31.1 Å². The number of aliphatic hydroxyl groups excluding tert-OH is 1. The average molecular weight is 518 g/mol. The number of carbonyl (C=O) groups is 1. The first kappa shape index (κ1) is 27.4. The third-order valence-electron chi connectivity index (χ3n) is 5.41. The molecule has 2 aromatic carbocycles.